The summed E-state index contributed by atoms with van der Waals surface area (Å²) in [4.78, 5) is 13.7. The van der Waals surface area contributed by atoms with Gasteiger partial charge in [0.1, 0.15) is 6.10 Å². The highest BCUT2D eigenvalue weighted by molar-refractivity contribution is 5.93. The van der Waals surface area contributed by atoms with Gasteiger partial charge in [0.25, 0.3) is 0 Å². The van der Waals surface area contributed by atoms with Crippen LogP contribution in [-0.2, 0) is 18.3 Å². The molecule has 0 radical (unpaired) electrons. The number of aryl methyl sites for hydroxylation is 1. The molecule has 1 atom stereocenters. The van der Waals surface area contributed by atoms with Gasteiger partial charge >= 0.3 is 6.09 Å². The highest BCUT2D eigenvalue weighted by Gasteiger charge is 2.32. The lowest BCUT2D eigenvalue weighted by Gasteiger charge is -2.13. The standard InChI is InChI=1S/C14H14N6O2/c1-18-13-3-2-11(6-10(13)7-16-18)20-9-12(22-14(20)21)8-19-5-4-15-17-19/h2-7,12H,8-9H2,1H3. The smallest absolute Gasteiger partial charge is 0.414 e. The molecular weight excluding hydrogens is 284 g/mol. The zero-order valence-corrected chi connectivity index (χ0v) is 12.0. The highest BCUT2D eigenvalue weighted by Crippen LogP contribution is 2.26. The summed E-state index contributed by atoms with van der Waals surface area (Å²) in [7, 11) is 1.89. The average Bonchev–Trinajstić information content (AvgIpc) is 3.21. The molecule has 0 spiro atoms. The number of anilines is 1. The zero-order valence-electron chi connectivity index (χ0n) is 12.0. The topological polar surface area (TPSA) is 78.1 Å². The fraction of sp³-hybridized carbons (Fsp3) is 0.286. The van der Waals surface area contributed by atoms with Crippen molar-refractivity contribution in [3.05, 3.63) is 36.8 Å². The molecule has 1 unspecified atom stereocenters. The fourth-order valence-electron chi connectivity index (χ4n) is 2.69. The van der Waals surface area contributed by atoms with Gasteiger partial charge in [0.15, 0.2) is 0 Å². The van der Waals surface area contributed by atoms with Crippen LogP contribution in [0.1, 0.15) is 0 Å². The summed E-state index contributed by atoms with van der Waals surface area (Å²) in [6.07, 6.45) is 4.56. The van der Waals surface area contributed by atoms with Crippen LogP contribution in [0, 0.1) is 0 Å². The average molecular weight is 298 g/mol. The molecule has 1 saturated heterocycles. The van der Waals surface area contributed by atoms with E-state index in [4.69, 9.17) is 4.74 Å². The molecule has 8 heteroatoms. The molecule has 1 amide bonds. The molecular formula is C14H14N6O2. The summed E-state index contributed by atoms with van der Waals surface area (Å²) in [5.41, 5.74) is 1.84. The lowest BCUT2D eigenvalue weighted by atomic mass is 10.2. The highest BCUT2D eigenvalue weighted by atomic mass is 16.6. The van der Waals surface area contributed by atoms with E-state index in [0.717, 1.165) is 16.6 Å². The fourth-order valence-corrected chi connectivity index (χ4v) is 2.69. The predicted octanol–water partition coefficient (Wildman–Crippen LogP) is 1.19. The van der Waals surface area contributed by atoms with Crippen molar-refractivity contribution in [2.45, 2.75) is 12.6 Å². The van der Waals surface area contributed by atoms with Gasteiger partial charge < -0.3 is 4.74 Å². The molecule has 0 saturated carbocycles. The van der Waals surface area contributed by atoms with E-state index in [0.29, 0.717) is 13.1 Å². The van der Waals surface area contributed by atoms with E-state index in [-0.39, 0.29) is 12.2 Å². The number of aromatic nitrogens is 5. The Balaban J connectivity index is 1.57. The summed E-state index contributed by atoms with van der Waals surface area (Å²) in [5.74, 6) is 0. The van der Waals surface area contributed by atoms with Crippen LogP contribution in [-0.4, -0.2) is 43.5 Å². The molecule has 2 aromatic heterocycles. The first-order valence-electron chi connectivity index (χ1n) is 6.95. The number of amides is 1. The molecule has 22 heavy (non-hydrogen) atoms. The van der Waals surface area contributed by atoms with E-state index in [1.807, 2.05) is 25.2 Å². The van der Waals surface area contributed by atoms with Crippen LogP contribution >= 0.6 is 0 Å². The monoisotopic (exact) mass is 298 g/mol. The third-order valence-corrected chi connectivity index (χ3v) is 3.78. The van der Waals surface area contributed by atoms with Gasteiger partial charge in [0.2, 0.25) is 0 Å². The SMILES string of the molecule is Cn1ncc2cc(N3CC(Cn4ccnn4)OC3=O)ccc21. The lowest BCUT2D eigenvalue weighted by molar-refractivity contribution is 0.129. The number of cyclic esters (lactones) is 1. The van der Waals surface area contributed by atoms with Crippen LogP contribution in [0.3, 0.4) is 0 Å². The third kappa shape index (κ3) is 2.09. The predicted molar refractivity (Wildman–Crippen MR) is 78.4 cm³/mol. The lowest BCUT2D eigenvalue weighted by Crippen LogP contribution is -2.26. The Morgan fingerprint density at radius 2 is 2.32 bits per heavy atom. The van der Waals surface area contributed by atoms with Crippen molar-refractivity contribution in [1.82, 2.24) is 24.8 Å². The maximum atomic E-state index is 12.1. The molecule has 3 heterocycles. The summed E-state index contributed by atoms with van der Waals surface area (Å²) < 4.78 is 8.86. The third-order valence-electron chi connectivity index (χ3n) is 3.78. The molecule has 0 aliphatic carbocycles. The Labute approximate surface area is 125 Å². The normalized spacial score (nSPS) is 18.1. The number of fused-ring (bicyclic) bond motifs is 1. The van der Waals surface area contributed by atoms with Gasteiger partial charge in [0, 0.05) is 24.3 Å². The number of benzene rings is 1. The maximum Gasteiger partial charge on any atom is 0.414 e. The number of rotatable bonds is 3. The molecule has 112 valence electrons. The Morgan fingerprint density at radius 1 is 1.41 bits per heavy atom. The Morgan fingerprint density at radius 3 is 3.14 bits per heavy atom. The van der Waals surface area contributed by atoms with Gasteiger partial charge in [-0.1, -0.05) is 5.21 Å². The van der Waals surface area contributed by atoms with Crippen molar-refractivity contribution in [1.29, 1.82) is 0 Å². The quantitative estimate of drug-likeness (QED) is 0.726. The van der Waals surface area contributed by atoms with Gasteiger partial charge in [-0.3, -0.25) is 9.58 Å². The van der Waals surface area contributed by atoms with E-state index >= 15 is 0 Å². The molecule has 8 nitrogen and oxygen atoms in total. The van der Waals surface area contributed by atoms with Crippen LogP contribution in [0.15, 0.2) is 36.8 Å². The second kappa shape index (κ2) is 4.83. The van der Waals surface area contributed by atoms with Crippen molar-refractivity contribution in [3.63, 3.8) is 0 Å². The number of carbonyl (C=O) groups excluding carboxylic acids is 1. The molecule has 4 rings (SSSR count). The van der Waals surface area contributed by atoms with Crippen molar-refractivity contribution >= 4 is 22.7 Å². The Hall–Kier alpha value is -2.90. The van der Waals surface area contributed by atoms with Gasteiger partial charge in [-0.05, 0) is 18.2 Å². The number of nitrogens with zero attached hydrogens (tertiary/aromatic N) is 6. The van der Waals surface area contributed by atoms with Crippen molar-refractivity contribution in [3.8, 4) is 0 Å². The minimum absolute atomic E-state index is 0.237. The molecule has 3 aromatic rings. The summed E-state index contributed by atoms with van der Waals surface area (Å²) in [5, 5.41) is 12.8. The van der Waals surface area contributed by atoms with E-state index in [1.54, 1.807) is 32.9 Å². The molecule has 1 fully saturated rings. The second-order valence-electron chi connectivity index (χ2n) is 5.25. The molecule has 1 aliphatic heterocycles. The van der Waals surface area contributed by atoms with Crippen LogP contribution < -0.4 is 4.90 Å². The maximum absolute atomic E-state index is 12.1. The van der Waals surface area contributed by atoms with Crippen LogP contribution in [0.25, 0.3) is 10.9 Å². The first kappa shape index (κ1) is 12.8. The van der Waals surface area contributed by atoms with E-state index < -0.39 is 0 Å². The van der Waals surface area contributed by atoms with Crippen LogP contribution in [0.4, 0.5) is 10.5 Å². The summed E-state index contributed by atoms with van der Waals surface area (Å²) in [6.45, 7) is 0.988. The number of hydrogen-bond donors (Lipinski definition) is 0. The summed E-state index contributed by atoms with van der Waals surface area (Å²) in [6, 6.07) is 5.81. The molecule has 0 bridgehead atoms. The zero-order chi connectivity index (χ0) is 15.1. The van der Waals surface area contributed by atoms with Gasteiger partial charge in [0.05, 0.1) is 31.0 Å². The minimum Gasteiger partial charge on any atom is -0.442 e. The minimum atomic E-state index is -0.339. The van der Waals surface area contributed by atoms with Crippen molar-refractivity contribution in [2.75, 3.05) is 11.4 Å². The largest absolute Gasteiger partial charge is 0.442 e. The van der Waals surface area contributed by atoms with Crippen molar-refractivity contribution in [2.24, 2.45) is 7.05 Å². The molecule has 1 aromatic carbocycles. The van der Waals surface area contributed by atoms with E-state index in [1.165, 1.54) is 0 Å². The van der Waals surface area contributed by atoms with Gasteiger partial charge in [-0.15, -0.1) is 5.10 Å². The first-order valence-corrected chi connectivity index (χ1v) is 6.95. The van der Waals surface area contributed by atoms with E-state index in [9.17, 15) is 4.79 Å². The van der Waals surface area contributed by atoms with Crippen LogP contribution in [0.2, 0.25) is 0 Å². The van der Waals surface area contributed by atoms with E-state index in [2.05, 4.69) is 15.4 Å². The van der Waals surface area contributed by atoms with Crippen LogP contribution in [0.5, 0.6) is 0 Å². The second-order valence-corrected chi connectivity index (χ2v) is 5.25. The van der Waals surface area contributed by atoms with Gasteiger partial charge in [-0.25, -0.2) is 9.48 Å². The first-order chi connectivity index (χ1) is 10.7. The number of ether oxygens (including phenoxy) is 1. The number of carbonyl (C=O) groups is 1. The Kier molecular flexibility index (Phi) is 2.81. The van der Waals surface area contributed by atoms with Crippen molar-refractivity contribution < 1.29 is 9.53 Å². The Bertz CT molecular complexity index is 825. The number of hydrogen-bond acceptors (Lipinski definition) is 5. The van der Waals surface area contributed by atoms with Gasteiger partial charge in [-0.2, -0.15) is 5.10 Å². The molecule has 1 aliphatic rings. The summed E-state index contributed by atoms with van der Waals surface area (Å²) >= 11 is 0. The molecule has 0 N–H and O–H groups in total.